The van der Waals surface area contributed by atoms with E-state index < -0.39 is 11.6 Å². The van der Waals surface area contributed by atoms with E-state index in [0.29, 0.717) is 16.8 Å². The number of benzene rings is 1. The predicted molar refractivity (Wildman–Crippen MR) is 77.9 cm³/mol. The number of fused-ring (bicyclic) bond motifs is 1. The van der Waals surface area contributed by atoms with Crippen molar-refractivity contribution in [1.82, 2.24) is 15.2 Å². The summed E-state index contributed by atoms with van der Waals surface area (Å²) in [6.07, 6.45) is 3.19. The van der Waals surface area contributed by atoms with Crippen molar-refractivity contribution in [2.75, 3.05) is 0 Å². The van der Waals surface area contributed by atoms with E-state index in [4.69, 9.17) is 0 Å². The maximum absolute atomic E-state index is 14.1. The number of nitrogens with zero attached hydrogens (tertiary/aromatic N) is 2. The van der Waals surface area contributed by atoms with Gasteiger partial charge in [-0.25, -0.2) is 13.8 Å². The summed E-state index contributed by atoms with van der Waals surface area (Å²) >= 11 is 0. The lowest BCUT2D eigenvalue weighted by Gasteiger charge is -2.12. The lowest BCUT2D eigenvalue weighted by molar-refractivity contribution is 0.575. The Hall–Kier alpha value is -2.56. The minimum absolute atomic E-state index is 0.117. The predicted octanol–water partition coefficient (Wildman–Crippen LogP) is 3.91. The first-order valence-electron chi connectivity index (χ1n) is 6.43. The molecule has 21 heavy (non-hydrogen) atoms. The first-order valence-corrected chi connectivity index (χ1v) is 6.43. The van der Waals surface area contributed by atoms with Crippen LogP contribution in [-0.4, -0.2) is 15.2 Å². The number of pyridine rings is 1. The summed E-state index contributed by atoms with van der Waals surface area (Å²) in [5.41, 5.74) is 2.76. The fraction of sp³-hybridized carbons (Fsp3) is 0.125. The SMILES string of the molecule is C=C(c1cnc2[nH]ncc2c1C)c1c(F)cc(C)cc1F. The average Bonchev–Trinajstić information content (AvgIpc) is 2.86. The van der Waals surface area contributed by atoms with E-state index in [9.17, 15) is 8.78 Å². The zero-order valence-electron chi connectivity index (χ0n) is 11.7. The van der Waals surface area contributed by atoms with E-state index in [1.807, 2.05) is 6.92 Å². The van der Waals surface area contributed by atoms with Crippen molar-refractivity contribution in [1.29, 1.82) is 0 Å². The Morgan fingerprint density at radius 1 is 1.14 bits per heavy atom. The number of H-pyrrole nitrogens is 1. The van der Waals surface area contributed by atoms with E-state index in [1.54, 1.807) is 19.3 Å². The van der Waals surface area contributed by atoms with Crippen molar-refractivity contribution in [2.45, 2.75) is 13.8 Å². The Morgan fingerprint density at radius 2 is 1.81 bits per heavy atom. The van der Waals surface area contributed by atoms with Gasteiger partial charge in [-0.3, -0.25) is 5.10 Å². The van der Waals surface area contributed by atoms with Crippen LogP contribution in [0.3, 0.4) is 0 Å². The van der Waals surface area contributed by atoms with Gasteiger partial charge >= 0.3 is 0 Å². The molecule has 0 aliphatic carbocycles. The average molecular weight is 285 g/mol. The van der Waals surface area contributed by atoms with Crippen LogP contribution < -0.4 is 0 Å². The second-order valence-electron chi connectivity index (χ2n) is 5.01. The Labute approximate surface area is 120 Å². The zero-order chi connectivity index (χ0) is 15.1. The van der Waals surface area contributed by atoms with E-state index >= 15 is 0 Å². The number of aromatic amines is 1. The Balaban J connectivity index is 2.19. The van der Waals surface area contributed by atoms with Crippen LogP contribution in [0.1, 0.15) is 22.3 Å². The molecule has 0 fully saturated rings. The maximum Gasteiger partial charge on any atom is 0.155 e. The van der Waals surface area contributed by atoms with Gasteiger partial charge in [-0.2, -0.15) is 5.10 Å². The van der Waals surface area contributed by atoms with Crippen LogP contribution in [0.25, 0.3) is 16.6 Å². The van der Waals surface area contributed by atoms with Gasteiger partial charge in [0.25, 0.3) is 0 Å². The van der Waals surface area contributed by atoms with Crippen LogP contribution in [0.2, 0.25) is 0 Å². The molecule has 1 aromatic carbocycles. The molecule has 0 atom stereocenters. The molecule has 0 amide bonds. The number of hydrogen-bond donors (Lipinski definition) is 1. The molecule has 0 unspecified atom stereocenters. The van der Waals surface area contributed by atoms with E-state index in [-0.39, 0.29) is 11.1 Å². The molecular weight excluding hydrogens is 272 g/mol. The van der Waals surface area contributed by atoms with Crippen molar-refractivity contribution in [3.63, 3.8) is 0 Å². The standard InChI is InChI=1S/C16H13F2N3/c1-8-4-13(17)15(14(18)5-8)10(3)11-6-19-16-12(9(11)2)7-20-21-16/h4-7H,3H2,1-2H3,(H,19,20,21). The minimum Gasteiger partial charge on any atom is -0.261 e. The van der Waals surface area contributed by atoms with Crippen LogP contribution in [0.4, 0.5) is 8.78 Å². The van der Waals surface area contributed by atoms with Crippen molar-refractivity contribution >= 4 is 16.6 Å². The van der Waals surface area contributed by atoms with Gasteiger partial charge in [-0.15, -0.1) is 0 Å². The second kappa shape index (κ2) is 4.77. The first-order chi connectivity index (χ1) is 9.99. The molecule has 2 aromatic heterocycles. The molecule has 3 aromatic rings. The van der Waals surface area contributed by atoms with Crippen LogP contribution in [0, 0.1) is 25.5 Å². The number of aromatic nitrogens is 3. The van der Waals surface area contributed by atoms with Gasteiger partial charge in [0, 0.05) is 17.1 Å². The Morgan fingerprint density at radius 3 is 2.48 bits per heavy atom. The summed E-state index contributed by atoms with van der Waals surface area (Å²) in [5, 5.41) is 7.48. The fourth-order valence-electron chi connectivity index (χ4n) is 2.45. The third-order valence-corrected chi connectivity index (χ3v) is 3.56. The molecule has 0 spiro atoms. The highest BCUT2D eigenvalue weighted by Gasteiger charge is 2.17. The highest BCUT2D eigenvalue weighted by Crippen LogP contribution is 2.31. The van der Waals surface area contributed by atoms with Crippen molar-refractivity contribution in [2.24, 2.45) is 0 Å². The topological polar surface area (TPSA) is 41.6 Å². The molecule has 1 N–H and O–H groups in total. The molecule has 0 saturated heterocycles. The first kappa shape index (κ1) is 13.4. The van der Waals surface area contributed by atoms with Gasteiger partial charge in [0.1, 0.15) is 11.6 Å². The van der Waals surface area contributed by atoms with Crippen molar-refractivity contribution in [3.05, 3.63) is 65.0 Å². The Kier molecular flexibility index (Phi) is 3.05. The van der Waals surface area contributed by atoms with Gasteiger partial charge in [-0.1, -0.05) is 6.58 Å². The van der Waals surface area contributed by atoms with Gasteiger partial charge in [-0.05, 0) is 42.7 Å². The molecule has 0 aliphatic heterocycles. The highest BCUT2D eigenvalue weighted by atomic mass is 19.1. The third kappa shape index (κ3) is 2.11. The molecule has 0 radical (unpaired) electrons. The van der Waals surface area contributed by atoms with E-state index in [1.165, 1.54) is 12.1 Å². The molecule has 5 heteroatoms. The summed E-state index contributed by atoms with van der Waals surface area (Å²) < 4.78 is 28.2. The number of hydrogen-bond acceptors (Lipinski definition) is 2. The highest BCUT2D eigenvalue weighted by molar-refractivity contribution is 5.88. The molecule has 2 heterocycles. The smallest absolute Gasteiger partial charge is 0.155 e. The van der Waals surface area contributed by atoms with Crippen molar-refractivity contribution in [3.8, 4) is 0 Å². The molecule has 106 valence electrons. The van der Waals surface area contributed by atoms with E-state index in [2.05, 4.69) is 21.8 Å². The normalized spacial score (nSPS) is 11.0. The van der Waals surface area contributed by atoms with Crippen LogP contribution in [0.15, 0.2) is 31.1 Å². The quantitative estimate of drug-likeness (QED) is 0.775. The number of aryl methyl sites for hydroxylation is 2. The molecule has 0 saturated carbocycles. The maximum atomic E-state index is 14.1. The summed E-state index contributed by atoms with van der Waals surface area (Å²) in [4.78, 5) is 4.20. The third-order valence-electron chi connectivity index (χ3n) is 3.56. The van der Waals surface area contributed by atoms with Gasteiger partial charge < -0.3 is 0 Å². The number of nitrogens with one attached hydrogen (secondary N) is 1. The van der Waals surface area contributed by atoms with Gasteiger partial charge in [0.05, 0.1) is 11.8 Å². The number of rotatable bonds is 2. The summed E-state index contributed by atoms with van der Waals surface area (Å²) in [5.74, 6) is -1.24. The molecule has 3 rings (SSSR count). The van der Waals surface area contributed by atoms with E-state index in [0.717, 1.165) is 10.9 Å². The minimum atomic E-state index is -0.621. The summed E-state index contributed by atoms with van der Waals surface area (Å²) in [6, 6.07) is 2.59. The van der Waals surface area contributed by atoms with Gasteiger partial charge in [0.2, 0.25) is 0 Å². The summed E-state index contributed by atoms with van der Waals surface area (Å²) in [7, 11) is 0. The van der Waals surface area contributed by atoms with Crippen LogP contribution >= 0.6 is 0 Å². The fourth-order valence-corrected chi connectivity index (χ4v) is 2.45. The van der Waals surface area contributed by atoms with Crippen LogP contribution in [0.5, 0.6) is 0 Å². The van der Waals surface area contributed by atoms with Crippen LogP contribution in [-0.2, 0) is 0 Å². The molecule has 0 bridgehead atoms. The van der Waals surface area contributed by atoms with Gasteiger partial charge in [0.15, 0.2) is 5.65 Å². The molecule has 3 nitrogen and oxygen atoms in total. The second-order valence-corrected chi connectivity index (χ2v) is 5.01. The lowest BCUT2D eigenvalue weighted by atomic mass is 9.95. The zero-order valence-corrected chi connectivity index (χ0v) is 11.7. The molecule has 0 aliphatic rings. The molecular formula is C16H13F2N3. The largest absolute Gasteiger partial charge is 0.261 e. The van der Waals surface area contributed by atoms with Crippen molar-refractivity contribution < 1.29 is 8.78 Å². The number of halogens is 2. The lowest BCUT2D eigenvalue weighted by Crippen LogP contribution is -1.99. The monoisotopic (exact) mass is 285 g/mol. The summed E-state index contributed by atoms with van der Waals surface area (Å²) in [6.45, 7) is 7.34. The Bertz CT molecular complexity index is 842.